The molecule has 0 aliphatic carbocycles. The average Bonchev–Trinajstić information content (AvgIpc) is 3.10. The second-order valence-corrected chi connectivity index (χ2v) is 5.94. The van der Waals surface area contributed by atoms with Gasteiger partial charge in [0.15, 0.2) is 0 Å². The Labute approximate surface area is 139 Å². The van der Waals surface area contributed by atoms with Crippen molar-refractivity contribution >= 4 is 23.3 Å². The molecule has 2 amide bonds. The van der Waals surface area contributed by atoms with Crippen molar-refractivity contribution in [3.63, 3.8) is 0 Å². The Morgan fingerprint density at radius 1 is 1.39 bits per heavy atom. The van der Waals surface area contributed by atoms with E-state index in [1.54, 1.807) is 35.3 Å². The van der Waals surface area contributed by atoms with Crippen LogP contribution in [0.5, 0.6) is 0 Å². The van der Waals surface area contributed by atoms with Gasteiger partial charge in [-0.2, -0.15) is 5.10 Å². The molecule has 0 atom stereocenters. The van der Waals surface area contributed by atoms with Crippen molar-refractivity contribution in [3.05, 3.63) is 41.7 Å². The molecule has 1 aliphatic heterocycles. The maximum Gasteiger partial charge on any atom is 0.319 e. The first-order valence-electron chi connectivity index (χ1n) is 7.64. The van der Waals surface area contributed by atoms with E-state index in [9.17, 15) is 4.79 Å². The standard InChI is InChI=1S/C16H19ClN4O2/c17-13-2-3-14(15(10-13)21-7-1-6-19-21)20-16(22)18-11-12-4-8-23-9-5-12/h1-3,6-7,10,12H,4-5,8-9,11H2,(H2,18,20,22). The van der Waals surface area contributed by atoms with Gasteiger partial charge in [-0.05, 0) is 43.0 Å². The number of rotatable bonds is 4. The van der Waals surface area contributed by atoms with E-state index < -0.39 is 0 Å². The van der Waals surface area contributed by atoms with Gasteiger partial charge >= 0.3 is 6.03 Å². The zero-order chi connectivity index (χ0) is 16.1. The smallest absolute Gasteiger partial charge is 0.319 e. The number of urea groups is 1. The first kappa shape index (κ1) is 15.8. The molecule has 1 fully saturated rings. The van der Waals surface area contributed by atoms with Gasteiger partial charge < -0.3 is 15.4 Å². The fourth-order valence-electron chi connectivity index (χ4n) is 2.57. The number of carbonyl (C=O) groups is 1. The minimum absolute atomic E-state index is 0.229. The minimum Gasteiger partial charge on any atom is -0.381 e. The van der Waals surface area contributed by atoms with E-state index in [4.69, 9.17) is 16.3 Å². The number of nitrogens with zero attached hydrogens (tertiary/aromatic N) is 2. The van der Waals surface area contributed by atoms with Crippen molar-refractivity contribution in [1.29, 1.82) is 0 Å². The summed E-state index contributed by atoms with van der Waals surface area (Å²) >= 11 is 6.05. The lowest BCUT2D eigenvalue weighted by Gasteiger charge is -2.22. The van der Waals surface area contributed by atoms with E-state index >= 15 is 0 Å². The third-order valence-corrected chi connectivity index (χ3v) is 4.09. The minimum atomic E-state index is -0.229. The molecular weight excluding hydrogens is 316 g/mol. The van der Waals surface area contributed by atoms with E-state index in [2.05, 4.69) is 15.7 Å². The molecule has 23 heavy (non-hydrogen) atoms. The molecule has 7 heteroatoms. The summed E-state index contributed by atoms with van der Waals surface area (Å²) in [5.74, 6) is 0.477. The Morgan fingerprint density at radius 2 is 2.22 bits per heavy atom. The van der Waals surface area contributed by atoms with Gasteiger partial charge in [-0.1, -0.05) is 11.6 Å². The number of benzene rings is 1. The van der Waals surface area contributed by atoms with Crippen LogP contribution in [0.15, 0.2) is 36.7 Å². The Balaban J connectivity index is 1.64. The van der Waals surface area contributed by atoms with Gasteiger partial charge in [0, 0.05) is 37.2 Å². The van der Waals surface area contributed by atoms with Crippen LogP contribution in [0.3, 0.4) is 0 Å². The van der Waals surface area contributed by atoms with Crippen LogP contribution in [0, 0.1) is 5.92 Å². The number of amides is 2. The van der Waals surface area contributed by atoms with Crippen molar-refractivity contribution in [2.24, 2.45) is 5.92 Å². The molecule has 0 saturated carbocycles. The van der Waals surface area contributed by atoms with Crippen LogP contribution in [0.2, 0.25) is 5.02 Å². The number of nitrogens with one attached hydrogen (secondary N) is 2. The normalized spacial score (nSPS) is 15.3. The van der Waals surface area contributed by atoms with Crippen molar-refractivity contribution in [3.8, 4) is 5.69 Å². The predicted octanol–water partition coefficient (Wildman–Crippen LogP) is 3.07. The Morgan fingerprint density at radius 3 is 2.96 bits per heavy atom. The van der Waals surface area contributed by atoms with Crippen molar-refractivity contribution < 1.29 is 9.53 Å². The van der Waals surface area contributed by atoms with Gasteiger partial charge in [-0.3, -0.25) is 0 Å². The van der Waals surface area contributed by atoms with Gasteiger partial charge in [0.25, 0.3) is 0 Å². The highest BCUT2D eigenvalue weighted by atomic mass is 35.5. The van der Waals surface area contributed by atoms with Crippen LogP contribution in [0.1, 0.15) is 12.8 Å². The van der Waals surface area contributed by atoms with Gasteiger partial charge in [0.05, 0.1) is 11.4 Å². The zero-order valence-corrected chi connectivity index (χ0v) is 13.4. The van der Waals surface area contributed by atoms with E-state index in [0.717, 1.165) is 31.7 Å². The third-order valence-electron chi connectivity index (χ3n) is 3.85. The number of ether oxygens (including phenoxy) is 1. The summed E-state index contributed by atoms with van der Waals surface area (Å²) in [4.78, 5) is 12.1. The fraction of sp³-hybridized carbons (Fsp3) is 0.375. The quantitative estimate of drug-likeness (QED) is 0.903. The maximum absolute atomic E-state index is 12.1. The van der Waals surface area contributed by atoms with E-state index in [1.807, 2.05) is 6.07 Å². The first-order chi connectivity index (χ1) is 11.2. The highest BCUT2D eigenvalue weighted by molar-refractivity contribution is 6.30. The summed E-state index contributed by atoms with van der Waals surface area (Å²) in [7, 11) is 0. The molecule has 3 rings (SSSR count). The van der Waals surface area contributed by atoms with Crippen LogP contribution >= 0.6 is 11.6 Å². The second kappa shape index (κ2) is 7.48. The third kappa shape index (κ3) is 4.24. The molecule has 1 aliphatic rings. The van der Waals surface area contributed by atoms with Crippen LogP contribution in [-0.4, -0.2) is 35.6 Å². The van der Waals surface area contributed by atoms with Crippen molar-refractivity contribution in [2.75, 3.05) is 25.1 Å². The van der Waals surface area contributed by atoms with Gasteiger partial charge in [0.1, 0.15) is 0 Å². The number of halogens is 1. The predicted molar refractivity (Wildman–Crippen MR) is 89.1 cm³/mol. The maximum atomic E-state index is 12.1. The van der Waals surface area contributed by atoms with E-state index in [-0.39, 0.29) is 6.03 Å². The zero-order valence-electron chi connectivity index (χ0n) is 12.7. The Bertz CT molecular complexity index is 654. The van der Waals surface area contributed by atoms with Crippen molar-refractivity contribution in [2.45, 2.75) is 12.8 Å². The molecule has 0 bridgehead atoms. The monoisotopic (exact) mass is 334 g/mol. The number of hydrogen-bond acceptors (Lipinski definition) is 3. The molecule has 6 nitrogen and oxygen atoms in total. The SMILES string of the molecule is O=C(NCC1CCOCC1)Nc1ccc(Cl)cc1-n1cccn1. The Hall–Kier alpha value is -2.05. The van der Waals surface area contributed by atoms with Gasteiger partial charge in [-0.25, -0.2) is 9.48 Å². The molecule has 2 N–H and O–H groups in total. The highest BCUT2D eigenvalue weighted by Crippen LogP contribution is 2.24. The lowest BCUT2D eigenvalue weighted by atomic mass is 10.0. The number of aromatic nitrogens is 2. The largest absolute Gasteiger partial charge is 0.381 e. The van der Waals surface area contributed by atoms with E-state index in [0.29, 0.717) is 23.2 Å². The van der Waals surface area contributed by atoms with E-state index in [1.165, 1.54) is 0 Å². The molecule has 2 aromatic rings. The van der Waals surface area contributed by atoms with Crippen LogP contribution in [0.4, 0.5) is 10.5 Å². The van der Waals surface area contributed by atoms with Crippen molar-refractivity contribution in [1.82, 2.24) is 15.1 Å². The van der Waals surface area contributed by atoms with Gasteiger partial charge in [0.2, 0.25) is 0 Å². The van der Waals surface area contributed by atoms with Crippen LogP contribution < -0.4 is 10.6 Å². The van der Waals surface area contributed by atoms with Crippen LogP contribution in [-0.2, 0) is 4.74 Å². The first-order valence-corrected chi connectivity index (χ1v) is 8.02. The Kier molecular flexibility index (Phi) is 5.15. The molecule has 0 spiro atoms. The lowest BCUT2D eigenvalue weighted by molar-refractivity contribution is 0.0671. The van der Waals surface area contributed by atoms with Gasteiger partial charge in [-0.15, -0.1) is 0 Å². The highest BCUT2D eigenvalue weighted by Gasteiger charge is 2.15. The lowest BCUT2D eigenvalue weighted by Crippen LogP contribution is -2.35. The molecule has 0 radical (unpaired) electrons. The summed E-state index contributed by atoms with van der Waals surface area (Å²) in [6, 6.07) is 6.86. The number of hydrogen-bond donors (Lipinski definition) is 2. The fourth-order valence-corrected chi connectivity index (χ4v) is 2.73. The molecule has 1 aromatic carbocycles. The average molecular weight is 335 g/mol. The number of carbonyl (C=O) groups excluding carboxylic acids is 1. The van der Waals surface area contributed by atoms with Crippen LogP contribution in [0.25, 0.3) is 5.69 Å². The summed E-state index contributed by atoms with van der Waals surface area (Å²) in [5.41, 5.74) is 1.38. The molecule has 122 valence electrons. The molecule has 1 saturated heterocycles. The molecule has 1 aromatic heterocycles. The molecular formula is C16H19ClN4O2. The summed E-state index contributed by atoms with van der Waals surface area (Å²) in [6.45, 7) is 2.20. The topological polar surface area (TPSA) is 68.2 Å². The summed E-state index contributed by atoms with van der Waals surface area (Å²) in [6.07, 6.45) is 5.45. The molecule has 2 heterocycles. The molecule has 0 unspecified atom stereocenters. The summed E-state index contributed by atoms with van der Waals surface area (Å²) < 4.78 is 6.99. The summed E-state index contributed by atoms with van der Waals surface area (Å²) in [5, 5.41) is 10.6. The second-order valence-electron chi connectivity index (χ2n) is 5.50. The number of anilines is 1.